The Morgan fingerprint density at radius 3 is 2.60 bits per heavy atom. The van der Waals surface area contributed by atoms with E-state index in [0.717, 1.165) is 5.56 Å². The van der Waals surface area contributed by atoms with Crippen molar-refractivity contribution < 1.29 is 19.0 Å². The van der Waals surface area contributed by atoms with E-state index in [0.29, 0.717) is 6.42 Å². The molecule has 2 unspecified atom stereocenters. The molecule has 2 atom stereocenters. The highest BCUT2D eigenvalue weighted by atomic mass is 19.1. The van der Waals surface area contributed by atoms with Crippen LogP contribution in [0, 0.1) is 11.7 Å². The van der Waals surface area contributed by atoms with Crippen LogP contribution >= 0.6 is 0 Å². The van der Waals surface area contributed by atoms with E-state index in [9.17, 15) is 14.3 Å². The van der Waals surface area contributed by atoms with Crippen LogP contribution in [0.5, 0.6) is 0 Å². The second-order valence-electron chi connectivity index (χ2n) is 6.04. The summed E-state index contributed by atoms with van der Waals surface area (Å²) in [4.78, 5) is 16.6. The molecule has 134 valence electrons. The quantitative estimate of drug-likeness (QED) is 0.767. The fraction of sp³-hybridized carbons (Fsp3) is 0.368. The summed E-state index contributed by atoms with van der Waals surface area (Å²) < 4.78 is 19.4. The number of nitrogens with zero attached hydrogens (tertiary/aromatic N) is 1. The van der Waals surface area contributed by atoms with Gasteiger partial charge in [-0.3, -0.25) is 9.78 Å². The number of nitrogens with one attached hydrogen (secondary N) is 1. The third-order valence-corrected chi connectivity index (χ3v) is 4.31. The number of hydrogen-bond donors (Lipinski definition) is 2. The van der Waals surface area contributed by atoms with Crippen molar-refractivity contribution in [2.45, 2.75) is 18.9 Å². The first-order valence-corrected chi connectivity index (χ1v) is 8.09. The van der Waals surface area contributed by atoms with Gasteiger partial charge in [-0.25, -0.2) is 4.39 Å². The maximum Gasteiger partial charge on any atom is 0.256 e. The molecule has 1 heterocycles. The normalized spacial score (nSPS) is 14.6. The molecule has 5 nitrogen and oxygen atoms in total. The van der Waals surface area contributed by atoms with Crippen LogP contribution in [0.1, 0.15) is 18.1 Å². The average molecular weight is 346 g/mol. The van der Waals surface area contributed by atoms with Crippen LogP contribution in [-0.4, -0.2) is 36.3 Å². The zero-order valence-corrected chi connectivity index (χ0v) is 14.4. The van der Waals surface area contributed by atoms with Gasteiger partial charge in [0.15, 0.2) is 5.60 Å². The number of aromatic nitrogens is 1. The zero-order valence-electron chi connectivity index (χ0n) is 14.4. The number of carbonyl (C=O) groups excluding carboxylic acids is 1. The lowest BCUT2D eigenvalue weighted by Gasteiger charge is -2.28. The Hall–Kier alpha value is -2.31. The van der Waals surface area contributed by atoms with E-state index < -0.39 is 17.3 Å². The number of pyridine rings is 1. The van der Waals surface area contributed by atoms with Gasteiger partial charge in [0, 0.05) is 44.1 Å². The lowest BCUT2D eigenvalue weighted by molar-refractivity contribution is -0.143. The van der Waals surface area contributed by atoms with Crippen molar-refractivity contribution in [2.75, 3.05) is 20.3 Å². The zero-order chi connectivity index (χ0) is 18.3. The third kappa shape index (κ3) is 4.61. The van der Waals surface area contributed by atoms with Crippen molar-refractivity contribution in [3.05, 3.63) is 65.7 Å². The van der Waals surface area contributed by atoms with Crippen LogP contribution in [-0.2, 0) is 21.6 Å². The van der Waals surface area contributed by atoms with Gasteiger partial charge in [0.25, 0.3) is 5.91 Å². The fourth-order valence-corrected chi connectivity index (χ4v) is 2.63. The number of amides is 1. The highest BCUT2D eigenvalue weighted by molar-refractivity contribution is 5.86. The Bertz CT molecular complexity index is 696. The molecule has 2 rings (SSSR count). The lowest BCUT2D eigenvalue weighted by Crippen LogP contribution is -2.46. The molecule has 1 aromatic heterocycles. The molecule has 0 aliphatic carbocycles. The highest BCUT2D eigenvalue weighted by Gasteiger charge is 2.37. The number of halogens is 1. The summed E-state index contributed by atoms with van der Waals surface area (Å²) in [6, 6.07) is 9.76. The molecule has 25 heavy (non-hydrogen) atoms. The number of methoxy groups -OCH3 is 1. The van der Waals surface area contributed by atoms with Gasteiger partial charge in [-0.2, -0.15) is 0 Å². The SMILES string of the molecule is COC(C)(C(=O)NCC(CO)Cc1ccncc1)c1ccccc1F. The van der Waals surface area contributed by atoms with E-state index in [1.54, 1.807) is 24.5 Å². The number of carbonyl (C=O) groups is 1. The monoisotopic (exact) mass is 346 g/mol. The predicted octanol–water partition coefficient (Wildman–Crippen LogP) is 2.05. The fourth-order valence-electron chi connectivity index (χ4n) is 2.63. The topological polar surface area (TPSA) is 71.5 Å². The van der Waals surface area contributed by atoms with Crippen molar-refractivity contribution in [2.24, 2.45) is 5.92 Å². The second-order valence-corrected chi connectivity index (χ2v) is 6.04. The predicted molar refractivity (Wildman–Crippen MR) is 92.3 cm³/mol. The largest absolute Gasteiger partial charge is 0.396 e. The first-order chi connectivity index (χ1) is 12.0. The van der Waals surface area contributed by atoms with Crippen molar-refractivity contribution in [1.82, 2.24) is 10.3 Å². The van der Waals surface area contributed by atoms with E-state index in [-0.39, 0.29) is 24.6 Å². The van der Waals surface area contributed by atoms with E-state index in [2.05, 4.69) is 10.3 Å². The van der Waals surface area contributed by atoms with Gasteiger partial charge in [-0.05, 0) is 37.1 Å². The molecular formula is C19H23FN2O3. The van der Waals surface area contributed by atoms with Gasteiger partial charge in [-0.15, -0.1) is 0 Å². The summed E-state index contributed by atoms with van der Waals surface area (Å²) >= 11 is 0. The molecule has 0 saturated heterocycles. The summed E-state index contributed by atoms with van der Waals surface area (Å²) in [6.45, 7) is 1.70. The summed E-state index contributed by atoms with van der Waals surface area (Å²) in [5.74, 6) is -1.11. The molecule has 2 aromatic rings. The molecule has 0 fully saturated rings. The minimum absolute atomic E-state index is 0.0774. The molecule has 2 N–H and O–H groups in total. The van der Waals surface area contributed by atoms with Gasteiger partial charge >= 0.3 is 0 Å². The average Bonchev–Trinajstić information content (AvgIpc) is 2.65. The number of benzene rings is 1. The minimum atomic E-state index is -1.44. The second kappa shape index (κ2) is 8.69. The number of rotatable bonds is 8. The van der Waals surface area contributed by atoms with Crippen LogP contribution in [0.2, 0.25) is 0 Å². The summed E-state index contributed by atoms with van der Waals surface area (Å²) in [6.07, 6.45) is 3.97. The molecule has 6 heteroatoms. The van der Waals surface area contributed by atoms with Crippen LogP contribution in [0.3, 0.4) is 0 Å². The van der Waals surface area contributed by atoms with Gasteiger partial charge in [0.2, 0.25) is 0 Å². The molecule has 0 spiro atoms. The Kier molecular flexibility index (Phi) is 6.61. The lowest BCUT2D eigenvalue weighted by atomic mass is 9.93. The van der Waals surface area contributed by atoms with Crippen LogP contribution < -0.4 is 5.32 Å². The Balaban J connectivity index is 2.05. The Morgan fingerprint density at radius 1 is 1.32 bits per heavy atom. The summed E-state index contributed by atoms with van der Waals surface area (Å²) in [5, 5.41) is 12.3. The minimum Gasteiger partial charge on any atom is -0.396 e. The molecule has 0 aliphatic heterocycles. The molecule has 0 aliphatic rings. The van der Waals surface area contributed by atoms with Gasteiger partial charge in [0.05, 0.1) is 0 Å². The maximum atomic E-state index is 14.1. The smallest absolute Gasteiger partial charge is 0.256 e. The summed E-state index contributed by atoms with van der Waals surface area (Å²) in [7, 11) is 1.37. The molecule has 1 amide bonds. The third-order valence-electron chi connectivity index (χ3n) is 4.31. The van der Waals surface area contributed by atoms with Crippen LogP contribution in [0.25, 0.3) is 0 Å². The molecule has 0 saturated carbocycles. The van der Waals surface area contributed by atoms with Gasteiger partial charge < -0.3 is 15.2 Å². The first kappa shape index (κ1) is 19.0. The Morgan fingerprint density at radius 2 is 2.00 bits per heavy atom. The van der Waals surface area contributed by atoms with Crippen molar-refractivity contribution in [1.29, 1.82) is 0 Å². The van der Waals surface area contributed by atoms with E-state index in [1.807, 2.05) is 12.1 Å². The molecule has 0 radical (unpaired) electrons. The highest BCUT2D eigenvalue weighted by Crippen LogP contribution is 2.27. The van der Waals surface area contributed by atoms with E-state index in [4.69, 9.17) is 4.74 Å². The van der Waals surface area contributed by atoms with E-state index >= 15 is 0 Å². The maximum absolute atomic E-state index is 14.1. The van der Waals surface area contributed by atoms with Gasteiger partial charge in [-0.1, -0.05) is 18.2 Å². The molecule has 1 aromatic carbocycles. The number of aliphatic hydroxyl groups is 1. The van der Waals surface area contributed by atoms with Crippen LogP contribution in [0.15, 0.2) is 48.8 Å². The first-order valence-electron chi connectivity index (χ1n) is 8.09. The molecule has 0 bridgehead atoms. The van der Waals surface area contributed by atoms with Crippen molar-refractivity contribution in [3.63, 3.8) is 0 Å². The van der Waals surface area contributed by atoms with Gasteiger partial charge in [0.1, 0.15) is 5.82 Å². The van der Waals surface area contributed by atoms with E-state index in [1.165, 1.54) is 26.2 Å². The number of ether oxygens (including phenoxy) is 1. The number of aliphatic hydroxyl groups excluding tert-OH is 1. The van der Waals surface area contributed by atoms with Crippen molar-refractivity contribution in [3.8, 4) is 0 Å². The number of hydrogen-bond acceptors (Lipinski definition) is 4. The Labute approximate surface area is 146 Å². The van der Waals surface area contributed by atoms with Crippen molar-refractivity contribution >= 4 is 5.91 Å². The summed E-state index contributed by atoms with van der Waals surface area (Å²) in [5.41, 5.74) is -0.251. The standard InChI is InChI=1S/C19H23FN2O3/c1-19(25-2,16-5-3-4-6-17(16)20)18(24)22-12-15(13-23)11-14-7-9-21-10-8-14/h3-10,15,23H,11-13H2,1-2H3,(H,22,24). The molecular weight excluding hydrogens is 323 g/mol. The van der Waals surface area contributed by atoms with Crippen LogP contribution in [0.4, 0.5) is 4.39 Å².